The lowest BCUT2D eigenvalue weighted by molar-refractivity contribution is -0.142. The van der Waals surface area contributed by atoms with Crippen LogP contribution in [0.5, 0.6) is 0 Å². The number of amides is 1. The number of nitrogens with one attached hydrogen (secondary N) is 1. The Kier molecular flexibility index (Phi) is 5.36. The van der Waals surface area contributed by atoms with Crippen molar-refractivity contribution in [2.75, 3.05) is 25.5 Å². The number of aliphatic carboxylic acids is 1. The number of nitrogens with zero attached hydrogens (tertiary/aromatic N) is 3. The zero-order chi connectivity index (χ0) is 14.4. The van der Waals surface area contributed by atoms with Crippen molar-refractivity contribution >= 4 is 23.6 Å². The van der Waals surface area contributed by atoms with Gasteiger partial charge in [0.15, 0.2) is 5.16 Å². The molecule has 1 heterocycles. The first-order valence-corrected chi connectivity index (χ1v) is 7.24. The highest BCUT2D eigenvalue weighted by molar-refractivity contribution is 7.99. The summed E-state index contributed by atoms with van der Waals surface area (Å²) in [7, 11) is 0. The molecule has 1 saturated carbocycles. The van der Waals surface area contributed by atoms with Gasteiger partial charge in [0.25, 0.3) is 0 Å². The maximum absolute atomic E-state index is 11.6. The minimum Gasteiger partial charge on any atom is -0.480 e. The number of carboxylic acids is 1. The van der Waals surface area contributed by atoms with Crippen LogP contribution in [0.15, 0.2) is 11.5 Å². The fourth-order valence-electron chi connectivity index (χ4n) is 1.54. The van der Waals surface area contributed by atoms with Crippen molar-refractivity contribution in [3.8, 4) is 0 Å². The van der Waals surface area contributed by atoms with Gasteiger partial charge in [0.1, 0.15) is 12.9 Å². The molecule has 1 aliphatic carbocycles. The minimum absolute atomic E-state index is 0.140. The van der Waals surface area contributed by atoms with E-state index in [0.29, 0.717) is 12.6 Å². The highest BCUT2D eigenvalue weighted by atomic mass is 32.2. The van der Waals surface area contributed by atoms with Crippen LogP contribution in [0.1, 0.15) is 18.9 Å². The molecular formula is C11H16N4O4S. The number of rotatable bonds is 9. The summed E-state index contributed by atoms with van der Waals surface area (Å²) in [6, 6.07) is 0.486. The standard InChI is InChI=1S/C11H16N4O4S/c16-9(12-3-4-19-5-10(17)18)6-20-11-14-13-7-15(11)8-1-2-8/h7-8H,1-6H2,(H,12,16)(H,17,18). The molecule has 1 aliphatic rings. The average molecular weight is 300 g/mol. The summed E-state index contributed by atoms with van der Waals surface area (Å²) in [5.74, 6) is -0.907. The Balaban J connectivity index is 1.60. The van der Waals surface area contributed by atoms with E-state index < -0.39 is 5.97 Å². The Hall–Kier alpha value is -1.61. The van der Waals surface area contributed by atoms with E-state index in [4.69, 9.17) is 9.84 Å². The Labute approximate surface area is 119 Å². The molecule has 2 rings (SSSR count). The lowest BCUT2D eigenvalue weighted by atomic mass is 10.6. The van der Waals surface area contributed by atoms with Crippen molar-refractivity contribution in [1.82, 2.24) is 20.1 Å². The molecule has 0 spiro atoms. The maximum atomic E-state index is 11.6. The van der Waals surface area contributed by atoms with Crippen LogP contribution in [0.2, 0.25) is 0 Å². The molecular weight excluding hydrogens is 284 g/mol. The number of carboxylic acid groups (broad SMARTS) is 1. The molecule has 1 fully saturated rings. The van der Waals surface area contributed by atoms with E-state index in [1.165, 1.54) is 11.8 Å². The summed E-state index contributed by atoms with van der Waals surface area (Å²) in [4.78, 5) is 21.8. The van der Waals surface area contributed by atoms with Gasteiger partial charge in [0.05, 0.1) is 12.4 Å². The number of hydrogen-bond donors (Lipinski definition) is 2. The quantitative estimate of drug-likeness (QED) is 0.485. The summed E-state index contributed by atoms with van der Waals surface area (Å²) in [5, 5.41) is 19.6. The Bertz CT molecular complexity index is 475. The first-order valence-electron chi connectivity index (χ1n) is 6.25. The van der Waals surface area contributed by atoms with Gasteiger partial charge in [-0.2, -0.15) is 0 Å². The molecule has 0 atom stereocenters. The zero-order valence-corrected chi connectivity index (χ0v) is 11.6. The van der Waals surface area contributed by atoms with Crippen LogP contribution in [-0.4, -0.2) is 57.3 Å². The van der Waals surface area contributed by atoms with Gasteiger partial charge in [-0.3, -0.25) is 4.79 Å². The molecule has 0 unspecified atom stereocenters. The van der Waals surface area contributed by atoms with E-state index in [1.807, 2.05) is 4.57 Å². The van der Waals surface area contributed by atoms with E-state index in [2.05, 4.69) is 15.5 Å². The van der Waals surface area contributed by atoms with E-state index in [9.17, 15) is 9.59 Å². The van der Waals surface area contributed by atoms with Crippen LogP contribution < -0.4 is 5.32 Å². The van der Waals surface area contributed by atoms with E-state index >= 15 is 0 Å². The van der Waals surface area contributed by atoms with Gasteiger partial charge in [0.2, 0.25) is 5.91 Å². The second kappa shape index (κ2) is 7.25. The third-order valence-electron chi connectivity index (χ3n) is 2.61. The number of ether oxygens (including phenoxy) is 1. The smallest absolute Gasteiger partial charge is 0.329 e. The van der Waals surface area contributed by atoms with Gasteiger partial charge in [0, 0.05) is 12.6 Å². The van der Waals surface area contributed by atoms with Gasteiger partial charge in [-0.1, -0.05) is 11.8 Å². The third-order valence-corrected chi connectivity index (χ3v) is 3.56. The molecule has 0 bridgehead atoms. The van der Waals surface area contributed by atoms with Crippen molar-refractivity contribution in [3.63, 3.8) is 0 Å². The highest BCUT2D eigenvalue weighted by Gasteiger charge is 2.26. The minimum atomic E-state index is -1.02. The monoisotopic (exact) mass is 300 g/mol. The second-order valence-corrected chi connectivity index (χ2v) is 5.28. The average Bonchev–Trinajstić information content (AvgIpc) is 3.14. The summed E-state index contributed by atoms with van der Waals surface area (Å²) in [6.07, 6.45) is 3.97. The number of aromatic nitrogens is 3. The summed E-state index contributed by atoms with van der Waals surface area (Å²) < 4.78 is 6.80. The molecule has 0 saturated heterocycles. The topological polar surface area (TPSA) is 106 Å². The van der Waals surface area contributed by atoms with Crippen LogP contribution in [0.25, 0.3) is 0 Å². The summed E-state index contributed by atoms with van der Waals surface area (Å²) in [5.41, 5.74) is 0. The first kappa shape index (κ1) is 14.8. The molecule has 2 N–H and O–H groups in total. The summed E-state index contributed by atoms with van der Waals surface area (Å²) in [6.45, 7) is 0.123. The first-order chi connectivity index (χ1) is 9.66. The Morgan fingerprint density at radius 2 is 2.35 bits per heavy atom. The van der Waals surface area contributed by atoms with Gasteiger partial charge in [-0.15, -0.1) is 10.2 Å². The molecule has 0 radical (unpaired) electrons. The van der Waals surface area contributed by atoms with Crippen molar-refractivity contribution < 1.29 is 19.4 Å². The molecule has 110 valence electrons. The summed E-state index contributed by atoms with van der Waals surface area (Å²) >= 11 is 1.34. The molecule has 1 aromatic rings. The van der Waals surface area contributed by atoms with Crippen molar-refractivity contribution in [3.05, 3.63) is 6.33 Å². The zero-order valence-electron chi connectivity index (χ0n) is 10.8. The van der Waals surface area contributed by atoms with Crippen LogP contribution in [-0.2, 0) is 14.3 Å². The normalized spacial score (nSPS) is 14.2. The molecule has 20 heavy (non-hydrogen) atoms. The predicted octanol–water partition coefficient (Wildman–Crippen LogP) is -0.0775. The Morgan fingerprint density at radius 3 is 3.05 bits per heavy atom. The Morgan fingerprint density at radius 1 is 1.55 bits per heavy atom. The van der Waals surface area contributed by atoms with Crippen LogP contribution in [0.3, 0.4) is 0 Å². The molecule has 0 aliphatic heterocycles. The molecule has 1 amide bonds. The second-order valence-electron chi connectivity index (χ2n) is 4.34. The maximum Gasteiger partial charge on any atom is 0.329 e. The lowest BCUT2D eigenvalue weighted by Gasteiger charge is -2.06. The lowest BCUT2D eigenvalue weighted by Crippen LogP contribution is -2.29. The van der Waals surface area contributed by atoms with Gasteiger partial charge >= 0.3 is 5.97 Å². The van der Waals surface area contributed by atoms with Gasteiger partial charge in [-0.05, 0) is 12.8 Å². The van der Waals surface area contributed by atoms with Crippen molar-refractivity contribution in [2.24, 2.45) is 0 Å². The largest absolute Gasteiger partial charge is 0.480 e. The van der Waals surface area contributed by atoms with E-state index in [1.54, 1.807) is 6.33 Å². The number of carbonyl (C=O) groups excluding carboxylic acids is 1. The van der Waals surface area contributed by atoms with Gasteiger partial charge in [-0.25, -0.2) is 4.79 Å². The molecule has 8 nitrogen and oxygen atoms in total. The number of hydrogen-bond acceptors (Lipinski definition) is 6. The predicted molar refractivity (Wildman–Crippen MR) is 70.5 cm³/mol. The van der Waals surface area contributed by atoms with E-state index in [-0.39, 0.29) is 24.9 Å². The van der Waals surface area contributed by atoms with Gasteiger partial charge < -0.3 is 19.7 Å². The highest BCUT2D eigenvalue weighted by Crippen LogP contribution is 2.37. The van der Waals surface area contributed by atoms with Crippen molar-refractivity contribution in [1.29, 1.82) is 0 Å². The SMILES string of the molecule is O=C(O)COCCNC(=O)CSc1nncn1C1CC1. The molecule has 9 heteroatoms. The van der Waals surface area contributed by atoms with E-state index in [0.717, 1.165) is 18.0 Å². The van der Waals surface area contributed by atoms with Crippen LogP contribution in [0, 0.1) is 0 Å². The number of carbonyl (C=O) groups is 2. The van der Waals surface area contributed by atoms with Crippen LogP contribution in [0.4, 0.5) is 0 Å². The number of thioether (sulfide) groups is 1. The molecule has 1 aromatic heterocycles. The third kappa shape index (κ3) is 4.82. The molecule has 0 aromatic carbocycles. The van der Waals surface area contributed by atoms with Crippen LogP contribution >= 0.6 is 11.8 Å². The fourth-order valence-corrected chi connectivity index (χ4v) is 2.35. The van der Waals surface area contributed by atoms with Crippen molar-refractivity contribution in [2.45, 2.75) is 24.0 Å². The fraction of sp³-hybridized carbons (Fsp3) is 0.636.